The van der Waals surface area contributed by atoms with Crippen molar-refractivity contribution in [3.05, 3.63) is 16.3 Å². The summed E-state index contributed by atoms with van der Waals surface area (Å²) < 4.78 is 6.93. The summed E-state index contributed by atoms with van der Waals surface area (Å²) in [6.07, 6.45) is 3.47. The number of ether oxygens (including phenoxy) is 1. The van der Waals surface area contributed by atoms with E-state index in [1.165, 1.54) is 6.20 Å². The van der Waals surface area contributed by atoms with Gasteiger partial charge < -0.3 is 4.74 Å². The molecule has 1 aromatic heterocycles. The first kappa shape index (κ1) is 9.95. The van der Waals surface area contributed by atoms with E-state index in [2.05, 4.69) is 5.10 Å². The van der Waals surface area contributed by atoms with E-state index in [4.69, 9.17) is 4.74 Å². The van der Waals surface area contributed by atoms with E-state index in [0.29, 0.717) is 0 Å². The molecule has 0 atom stereocenters. The number of hydrogen-bond donors (Lipinski definition) is 0. The van der Waals surface area contributed by atoms with E-state index < -0.39 is 4.92 Å². The fourth-order valence-corrected chi connectivity index (χ4v) is 1.18. The molecule has 0 amide bonds. The zero-order chi connectivity index (χ0) is 11.0. The molecular weight excluding hydrogens is 198 g/mol. The van der Waals surface area contributed by atoms with Gasteiger partial charge in [-0.1, -0.05) is 0 Å². The Kier molecular flexibility index (Phi) is 2.34. The second-order valence-electron chi connectivity index (χ2n) is 3.97. The van der Waals surface area contributed by atoms with Gasteiger partial charge in [0, 0.05) is 6.04 Å². The summed E-state index contributed by atoms with van der Waals surface area (Å²) in [5, 5.41) is 14.8. The predicted molar refractivity (Wildman–Crippen MR) is 52.9 cm³/mol. The molecule has 82 valence electrons. The molecule has 6 heteroatoms. The van der Waals surface area contributed by atoms with E-state index in [1.54, 1.807) is 4.68 Å². The molecule has 0 radical (unpaired) electrons. The van der Waals surface area contributed by atoms with Crippen LogP contribution in [0.25, 0.3) is 0 Å². The molecule has 1 aromatic rings. The second-order valence-corrected chi connectivity index (χ2v) is 3.97. The lowest BCUT2D eigenvalue weighted by Crippen LogP contribution is -2.02. The van der Waals surface area contributed by atoms with Gasteiger partial charge in [0.2, 0.25) is 0 Å². The van der Waals surface area contributed by atoms with Crippen LogP contribution in [0.15, 0.2) is 6.20 Å². The average molecular weight is 211 g/mol. The molecule has 0 aliphatic heterocycles. The van der Waals surface area contributed by atoms with Gasteiger partial charge in [0.1, 0.15) is 12.3 Å². The van der Waals surface area contributed by atoms with Gasteiger partial charge in [0.05, 0.1) is 4.92 Å². The van der Waals surface area contributed by atoms with Crippen molar-refractivity contribution in [3.63, 3.8) is 0 Å². The van der Waals surface area contributed by atoms with Crippen LogP contribution in [-0.4, -0.2) is 20.8 Å². The highest BCUT2D eigenvalue weighted by molar-refractivity contribution is 5.38. The van der Waals surface area contributed by atoms with Crippen LogP contribution in [-0.2, 0) is 0 Å². The van der Waals surface area contributed by atoms with Gasteiger partial charge in [0.25, 0.3) is 0 Å². The van der Waals surface area contributed by atoms with Crippen molar-refractivity contribution in [1.82, 2.24) is 9.78 Å². The number of aromatic nitrogens is 2. The normalized spacial score (nSPS) is 15.7. The number of nitrogens with zero attached hydrogens (tertiary/aromatic N) is 3. The van der Waals surface area contributed by atoms with Gasteiger partial charge in [-0.25, -0.2) is 0 Å². The highest BCUT2D eigenvalue weighted by Gasteiger charge is 2.30. The highest BCUT2D eigenvalue weighted by atomic mass is 16.6. The molecule has 0 bridgehead atoms. The Hall–Kier alpha value is -1.59. The topological polar surface area (TPSA) is 70.2 Å². The molecule has 0 N–H and O–H groups in total. The number of rotatable bonds is 4. The van der Waals surface area contributed by atoms with Gasteiger partial charge in [-0.05, 0) is 26.7 Å². The predicted octanol–water partition coefficient (Wildman–Crippen LogP) is 1.91. The molecular formula is C9H13N3O3. The Morgan fingerprint density at radius 3 is 2.80 bits per heavy atom. The quantitative estimate of drug-likeness (QED) is 0.563. The molecule has 6 nitrogen and oxygen atoms in total. The van der Waals surface area contributed by atoms with Crippen molar-refractivity contribution in [2.24, 2.45) is 0 Å². The minimum Gasteiger partial charge on any atom is -0.468 e. The van der Waals surface area contributed by atoms with E-state index in [0.717, 1.165) is 12.8 Å². The van der Waals surface area contributed by atoms with Gasteiger partial charge in [-0.3, -0.25) is 14.8 Å². The maximum atomic E-state index is 10.7. The molecule has 0 spiro atoms. The molecule has 1 fully saturated rings. The standard InChI is InChI=1S/C9H13N3O3/c1-6(2)11-5-8(12(13)14)9(10-11)15-7-3-4-7/h5-7H,3-4H2,1-2H3. The minimum absolute atomic E-state index is 0.0457. The Morgan fingerprint density at radius 2 is 2.33 bits per heavy atom. The summed E-state index contributed by atoms with van der Waals surface area (Å²) in [6, 6.07) is 0.0975. The van der Waals surface area contributed by atoms with Crippen molar-refractivity contribution >= 4 is 5.69 Å². The van der Waals surface area contributed by atoms with Gasteiger partial charge in [-0.15, -0.1) is 5.10 Å². The van der Waals surface area contributed by atoms with Crippen molar-refractivity contribution in [2.45, 2.75) is 38.8 Å². The van der Waals surface area contributed by atoms with E-state index in [9.17, 15) is 10.1 Å². The van der Waals surface area contributed by atoms with Crippen molar-refractivity contribution in [3.8, 4) is 5.88 Å². The number of nitro groups is 1. The zero-order valence-corrected chi connectivity index (χ0v) is 8.71. The molecule has 1 aliphatic carbocycles. The Labute approximate surface area is 87.0 Å². The Balaban J connectivity index is 2.27. The molecule has 1 heterocycles. The summed E-state index contributed by atoms with van der Waals surface area (Å²) in [5.74, 6) is 0.149. The van der Waals surface area contributed by atoms with Crippen LogP contribution in [0.5, 0.6) is 5.88 Å². The molecule has 0 aromatic carbocycles. The van der Waals surface area contributed by atoms with Crippen molar-refractivity contribution < 1.29 is 9.66 Å². The molecule has 0 unspecified atom stereocenters. The molecule has 1 saturated carbocycles. The monoisotopic (exact) mass is 211 g/mol. The highest BCUT2D eigenvalue weighted by Crippen LogP contribution is 2.32. The number of hydrogen-bond acceptors (Lipinski definition) is 4. The van der Waals surface area contributed by atoms with Crippen LogP contribution < -0.4 is 4.74 Å². The maximum Gasteiger partial charge on any atom is 0.350 e. The van der Waals surface area contributed by atoms with Gasteiger partial charge >= 0.3 is 11.6 Å². The summed E-state index contributed by atoms with van der Waals surface area (Å²) in [6.45, 7) is 3.83. The van der Waals surface area contributed by atoms with Crippen molar-refractivity contribution in [1.29, 1.82) is 0 Å². The van der Waals surface area contributed by atoms with E-state index in [1.807, 2.05) is 13.8 Å². The van der Waals surface area contributed by atoms with Crippen molar-refractivity contribution in [2.75, 3.05) is 0 Å². The molecule has 15 heavy (non-hydrogen) atoms. The minimum atomic E-state index is -0.455. The fraction of sp³-hybridized carbons (Fsp3) is 0.667. The lowest BCUT2D eigenvalue weighted by atomic mass is 10.4. The molecule has 2 rings (SSSR count). The van der Waals surface area contributed by atoms with E-state index in [-0.39, 0.29) is 23.7 Å². The summed E-state index contributed by atoms with van der Waals surface area (Å²) in [4.78, 5) is 10.3. The van der Waals surface area contributed by atoms with Crippen LogP contribution in [0.4, 0.5) is 5.69 Å². The van der Waals surface area contributed by atoms with Crippen LogP contribution in [0.1, 0.15) is 32.7 Å². The van der Waals surface area contributed by atoms with Crippen LogP contribution in [0.3, 0.4) is 0 Å². The third-order valence-electron chi connectivity index (χ3n) is 2.21. The second kappa shape index (κ2) is 3.52. The summed E-state index contributed by atoms with van der Waals surface area (Å²) in [5.41, 5.74) is -0.0457. The third-order valence-corrected chi connectivity index (χ3v) is 2.21. The van der Waals surface area contributed by atoms with Gasteiger partial charge in [0.15, 0.2) is 0 Å². The SMILES string of the molecule is CC(C)n1cc([N+](=O)[O-])c(OC2CC2)n1. The Bertz CT molecular complexity index is 382. The Morgan fingerprint density at radius 1 is 1.67 bits per heavy atom. The average Bonchev–Trinajstić information content (AvgIpc) is 2.82. The van der Waals surface area contributed by atoms with Crippen LogP contribution in [0, 0.1) is 10.1 Å². The lowest BCUT2D eigenvalue weighted by Gasteiger charge is -2.02. The van der Waals surface area contributed by atoms with Gasteiger partial charge in [-0.2, -0.15) is 0 Å². The molecule has 0 saturated heterocycles. The van der Waals surface area contributed by atoms with E-state index >= 15 is 0 Å². The first-order valence-electron chi connectivity index (χ1n) is 4.98. The largest absolute Gasteiger partial charge is 0.468 e. The first-order valence-corrected chi connectivity index (χ1v) is 4.98. The maximum absolute atomic E-state index is 10.7. The zero-order valence-electron chi connectivity index (χ0n) is 8.71. The molecule has 1 aliphatic rings. The third kappa shape index (κ3) is 2.08. The first-order chi connectivity index (χ1) is 7.08. The smallest absolute Gasteiger partial charge is 0.350 e. The lowest BCUT2D eigenvalue weighted by molar-refractivity contribution is -0.386. The summed E-state index contributed by atoms with van der Waals surface area (Å²) in [7, 11) is 0. The fourth-order valence-electron chi connectivity index (χ4n) is 1.18. The van der Waals surface area contributed by atoms with Crippen LogP contribution in [0.2, 0.25) is 0 Å². The van der Waals surface area contributed by atoms with Crippen LogP contribution >= 0.6 is 0 Å². The summed E-state index contributed by atoms with van der Waals surface area (Å²) >= 11 is 0.